The summed E-state index contributed by atoms with van der Waals surface area (Å²) in [6, 6.07) is 15.8. The van der Waals surface area contributed by atoms with Gasteiger partial charge in [0.25, 0.3) is 11.9 Å². The highest BCUT2D eigenvalue weighted by atomic mass is 16.5. The molecule has 10 heteroatoms. The van der Waals surface area contributed by atoms with Crippen LogP contribution in [-0.2, 0) is 9.53 Å². The Morgan fingerprint density at radius 1 is 1.03 bits per heavy atom. The van der Waals surface area contributed by atoms with E-state index in [0.29, 0.717) is 19.3 Å². The minimum atomic E-state index is -0.849. The summed E-state index contributed by atoms with van der Waals surface area (Å²) in [5.41, 5.74) is 4.47. The Kier molecular flexibility index (Phi) is 6.17. The fourth-order valence-electron chi connectivity index (χ4n) is 4.94. The monoisotopic (exact) mass is 475 g/mol. The second kappa shape index (κ2) is 9.57. The number of ether oxygens (including phenoxy) is 1. The molecule has 1 aromatic heterocycles. The Morgan fingerprint density at radius 3 is 2.40 bits per heavy atom. The van der Waals surface area contributed by atoms with Crippen LogP contribution in [0.3, 0.4) is 0 Å². The lowest BCUT2D eigenvalue weighted by atomic mass is 9.86. The highest BCUT2D eigenvalue weighted by molar-refractivity contribution is 5.91. The molecule has 0 spiro atoms. The highest BCUT2D eigenvalue weighted by Gasteiger charge is 2.30. The Hall–Kier alpha value is -4.21. The van der Waals surface area contributed by atoms with E-state index >= 15 is 0 Å². The number of hydrogen-bond acceptors (Lipinski definition) is 6. The Balaban J connectivity index is 1.17. The van der Waals surface area contributed by atoms with Crippen LogP contribution in [0.2, 0.25) is 0 Å². The smallest absolute Gasteiger partial charge is 0.414 e. The Bertz CT molecular complexity index is 1230. The normalized spacial score (nSPS) is 18.9. The van der Waals surface area contributed by atoms with Crippen molar-refractivity contribution in [3.63, 3.8) is 0 Å². The number of carboxylic acid groups (broad SMARTS) is 1. The highest BCUT2D eigenvalue weighted by Crippen LogP contribution is 2.44. The van der Waals surface area contributed by atoms with Crippen LogP contribution in [-0.4, -0.2) is 50.9 Å². The number of aliphatic carboxylic acids is 1. The number of benzene rings is 2. The quantitative estimate of drug-likeness (QED) is 0.426. The van der Waals surface area contributed by atoms with Gasteiger partial charge < -0.3 is 15.2 Å². The van der Waals surface area contributed by atoms with Crippen LogP contribution in [0.1, 0.15) is 53.3 Å². The molecular formula is C25H25N5O5. The number of nitrogens with zero attached hydrogens (tertiary/aromatic N) is 2. The van der Waals surface area contributed by atoms with E-state index in [0.717, 1.165) is 28.7 Å². The van der Waals surface area contributed by atoms with Gasteiger partial charge in [0.05, 0.1) is 5.92 Å². The Morgan fingerprint density at radius 2 is 1.71 bits per heavy atom. The fraction of sp³-hybridized carbons (Fsp3) is 0.320. The SMILES string of the molecule is O=C(Nc1n[nH]c(C(=O)N[C@@H]2CCC[C@@H](C(=O)O)C2)n1)OCC1c2ccccc2-c2ccccc21. The molecule has 3 aromatic rings. The first-order valence-electron chi connectivity index (χ1n) is 11.6. The average molecular weight is 476 g/mol. The number of aromatic amines is 1. The molecule has 2 atom stereocenters. The molecule has 0 saturated heterocycles. The number of rotatable bonds is 6. The molecule has 5 rings (SSSR count). The van der Waals surface area contributed by atoms with Crippen LogP contribution in [0, 0.1) is 5.92 Å². The van der Waals surface area contributed by atoms with Crippen LogP contribution in [0.5, 0.6) is 0 Å². The van der Waals surface area contributed by atoms with Gasteiger partial charge in [-0.2, -0.15) is 4.98 Å². The number of fused-ring (bicyclic) bond motifs is 3. The molecule has 0 aliphatic heterocycles. The molecule has 1 heterocycles. The number of hydrogen-bond donors (Lipinski definition) is 4. The number of aromatic nitrogens is 3. The molecule has 0 radical (unpaired) electrons. The zero-order chi connectivity index (χ0) is 24.4. The van der Waals surface area contributed by atoms with E-state index in [-0.39, 0.29) is 30.3 Å². The number of amides is 2. The van der Waals surface area contributed by atoms with Crippen molar-refractivity contribution in [3.8, 4) is 11.1 Å². The molecule has 0 bridgehead atoms. The first-order valence-corrected chi connectivity index (χ1v) is 11.6. The lowest BCUT2D eigenvalue weighted by Crippen LogP contribution is -2.40. The Labute approximate surface area is 201 Å². The second-order valence-electron chi connectivity index (χ2n) is 8.83. The van der Waals surface area contributed by atoms with E-state index in [9.17, 15) is 19.5 Å². The molecule has 0 unspecified atom stereocenters. The van der Waals surface area contributed by atoms with Crippen molar-refractivity contribution in [3.05, 3.63) is 65.5 Å². The van der Waals surface area contributed by atoms with Crippen molar-refractivity contribution in [2.45, 2.75) is 37.6 Å². The van der Waals surface area contributed by atoms with Gasteiger partial charge in [0.2, 0.25) is 5.82 Å². The van der Waals surface area contributed by atoms with Crippen molar-refractivity contribution in [2.75, 3.05) is 11.9 Å². The minimum Gasteiger partial charge on any atom is -0.481 e. The third-order valence-corrected chi connectivity index (χ3v) is 6.62. The van der Waals surface area contributed by atoms with Crippen LogP contribution < -0.4 is 10.6 Å². The number of carbonyl (C=O) groups excluding carboxylic acids is 2. The predicted molar refractivity (Wildman–Crippen MR) is 126 cm³/mol. The van der Waals surface area contributed by atoms with Crippen molar-refractivity contribution < 1.29 is 24.2 Å². The van der Waals surface area contributed by atoms with Crippen LogP contribution >= 0.6 is 0 Å². The molecule has 180 valence electrons. The maximum Gasteiger partial charge on any atom is 0.414 e. The average Bonchev–Trinajstić information content (AvgIpc) is 3.46. The third-order valence-electron chi connectivity index (χ3n) is 6.62. The molecule has 2 aromatic carbocycles. The zero-order valence-electron chi connectivity index (χ0n) is 18.9. The van der Waals surface area contributed by atoms with Gasteiger partial charge >= 0.3 is 12.1 Å². The zero-order valence-corrected chi connectivity index (χ0v) is 18.9. The summed E-state index contributed by atoms with van der Waals surface area (Å²) >= 11 is 0. The molecule has 2 aliphatic rings. The first kappa shape index (κ1) is 22.6. The number of carboxylic acids is 1. The lowest BCUT2D eigenvalue weighted by molar-refractivity contribution is -0.143. The van der Waals surface area contributed by atoms with Gasteiger partial charge in [-0.05, 0) is 41.5 Å². The van der Waals surface area contributed by atoms with E-state index < -0.39 is 23.9 Å². The van der Waals surface area contributed by atoms with E-state index in [2.05, 4.69) is 37.9 Å². The maximum absolute atomic E-state index is 12.5. The van der Waals surface area contributed by atoms with Crippen molar-refractivity contribution >= 4 is 23.9 Å². The summed E-state index contributed by atoms with van der Waals surface area (Å²) in [7, 11) is 0. The summed E-state index contributed by atoms with van der Waals surface area (Å²) in [5, 5.41) is 20.8. The third kappa shape index (κ3) is 4.72. The topological polar surface area (TPSA) is 146 Å². The molecular weight excluding hydrogens is 450 g/mol. The number of anilines is 1. The van der Waals surface area contributed by atoms with Gasteiger partial charge in [-0.1, -0.05) is 55.0 Å². The lowest BCUT2D eigenvalue weighted by Gasteiger charge is -2.26. The van der Waals surface area contributed by atoms with E-state index in [4.69, 9.17) is 4.74 Å². The van der Waals surface area contributed by atoms with E-state index in [1.165, 1.54) is 0 Å². The van der Waals surface area contributed by atoms with E-state index in [1.54, 1.807) is 0 Å². The minimum absolute atomic E-state index is 0.0728. The maximum atomic E-state index is 12.5. The standard InChI is InChI=1S/C25H25N5O5/c31-22(26-15-7-5-6-14(12-15)23(32)33)21-27-24(30-29-21)28-25(34)35-13-20-18-10-3-1-8-16(18)17-9-2-4-11-19(17)20/h1-4,8-11,14-15,20H,5-7,12-13H2,(H,26,31)(H,32,33)(H2,27,28,29,30,34)/t14-,15-/m1/s1. The molecule has 35 heavy (non-hydrogen) atoms. The summed E-state index contributed by atoms with van der Waals surface area (Å²) in [6.45, 7) is 0.143. The van der Waals surface area contributed by atoms with Gasteiger partial charge in [-0.15, -0.1) is 5.10 Å². The number of carbonyl (C=O) groups is 3. The first-order chi connectivity index (χ1) is 17.0. The fourth-order valence-corrected chi connectivity index (χ4v) is 4.94. The van der Waals surface area contributed by atoms with Gasteiger partial charge in [0.15, 0.2) is 0 Å². The van der Waals surface area contributed by atoms with Gasteiger partial charge in [-0.3, -0.25) is 20.0 Å². The van der Waals surface area contributed by atoms with Crippen LogP contribution in [0.15, 0.2) is 48.5 Å². The molecule has 1 saturated carbocycles. The molecule has 10 nitrogen and oxygen atoms in total. The molecule has 2 aliphatic carbocycles. The molecule has 1 fully saturated rings. The number of nitrogens with one attached hydrogen (secondary N) is 3. The van der Waals surface area contributed by atoms with Crippen molar-refractivity contribution in [2.24, 2.45) is 5.92 Å². The van der Waals surface area contributed by atoms with Crippen molar-refractivity contribution in [1.29, 1.82) is 0 Å². The predicted octanol–water partition coefficient (Wildman–Crippen LogP) is 3.54. The van der Waals surface area contributed by atoms with Crippen LogP contribution in [0.4, 0.5) is 10.7 Å². The van der Waals surface area contributed by atoms with E-state index in [1.807, 2.05) is 36.4 Å². The second-order valence-corrected chi connectivity index (χ2v) is 8.83. The largest absolute Gasteiger partial charge is 0.481 e. The summed E-state index contributed by atoms with van der Waals surface area (Å²) in [6.07, 6.45) is 1.69. The van der Waals surface area contributed by atoms with Gasteiger partial charge in [0.1, 0.15) is 6.61 Å². The van der Waals surface area contributed by atoms with Gasteiger partial charge in [-0.25, -0.2) is 4.79 Å². The summed E-state index contributed by atoms with van der Waals surface area (Å²) < 4.78 is 5.47. The summed E-state index contributed by atoms with van der Waals surface area (Å²) in [4.78, 5) is 40.1. The van der Waals surface area contributed by atoms with Crippen molar-refractivity contribution in [1.82, 2.24) is 20.5 Å². The molecule has 2 amide bonds. The van der Waals surface area contributed by atoms with Crippen LogP contribution in [0.25, 0.3) is 11.1 Å². The van der Waals surface area contributed by atoms with Gasteiger partial charge in [0, 0.05) is 12.0 Å². The summed E-state index contributed by atoms with van der Waals surface area (Å²) in [5.74, 6) is -2.05. The molecule has 4 N–H and O–H groups in total. The number of H-pyrrole nitrogens is 1.